The first-order valence-corrected chi connectivity index (χ1v) is 6.19. The smallest absolute Gasteiger partial charge is 0.196 e. The van der Waals surface area contributed by atoms with Gasteiger partial charge in [0.05, 0.1) is 22.6 Å². The molecule has 0 bridgehead atoms. The Morgan fingerprint density at radius 1 is 1.56 bits per heavy atom. The van der Waals surface area contributed by atoms with Gasteiger partial charge in [0, 0.05) is 31.6 Å². The van der Waals surface area contributed by atoms with Crippen LogP contribution >= 0.6 is 12.1 Å². The molecule has 1 atom stereocenters. The van der Waals surface area contributed by atoms with E-state index in [4.69, 9.17) is 5.73 Å². The number of rotatable bonds is 2. The SMILES string of the molecule is C=C1C[C@@](C)(c2cncc(SF)c2)N=C(N)N1C. The summed E-state index contributed by atoms with van der Waals surface area (Å²) in [6.07, 6.45) is 3.80. The zero-order valence-corrected chi connectivity index (χ0v) is 11.2. The average molecular weight is 266 g/mol. The summed E-state index contributed by atoms with van der Waals surface area (Å²) in [4.78, 5) is 10.7. The van der Waals surface area contributed by atoms with Gasteiger partial charge in [-0.2, -0.15) is 3.89 Å². The molecule has 4 nitrogen and oxygen atoms in total. The van der Waals surface area contributed by atoms with Crippen molar-refractivity contribution in [2.24, 2.45) is 10.7 Å². The quantitative estimate of drug-likeness (QED) is 0.893. The molecule has 1 aliphatic rings. The number of hydrogen-bond donors (Lipinski definition) is 1. The third kappa shape index (κ3) is 2.20. The van der Waals surface area contributed by atoms with Gasteiger partial charge in [0.25, 0.3) is 0 Å². The maximum absolute atomic E-state index is 12.6. The maximum Gasteiger partial charge on any atom is 0.196 e. The van der Waals surface area contributed by atoms with Crippen LogP contribution in [0, 0.1) is 0 Å². The number of hydrogen-bond acceptors (Lipinski definition) is 5. The molecule has 0 saturated carbocycles. The van der Waals surface area contributed by atoms with Gasteiger partial charge in [0.2, 0.25) is 0 Å². The summed E-state index contributed by atoms with van der Waals surface area (Å²) in [5.41, 5.74) is 7.05. The zero-order chi connectivity index (χ0) is 13.3. The van der Waals surface area contributed by atoms with Gasteiger partial charge < -0.3 is 10.6 Å². The fourth-order valence-electron chi connectivity index (χ4n) is 1.97. The first-order valence-electron chi connectivity index (χ1n) is 5.47. The van der Waals surface area contributed by atoms with E-state index in [0.29, 0.717) is 17.3 Å². The molecule has 18 heavy (non-hydrogen) atoms. The normalized spacial score (nSPS) is 24.1. The summed E-state index contributed by atoms with van der Waals surface area (Å²) in [7, 11) is 1.83. The van der Waals surface area contributed by atoms with E-state index in [2.05, 4.69) is 16.6 Å². The molecule has 96 valence electrons. The second kappa shape index (κ2) is 4.61. The minimum absolute atomic E-state index is 0.173. The lowest BCUT2D eigenvalue weighted by atomic mass is 9.88. The average Bonchev–Trinajstić information content (AvgIpc) is 2.36. The highest BCUT2D eigenvalue weighted by molar-refractivity contribution is 7.94. The number of nitrogens with zero attached hydrogens (tertiary/aromatic N) is 3. The second-order valence-corrected chi connectivity index (χ2v) is 5.16. The summed E-state index contributed by atoms with van der Waals surface area (Å²) in [6, 6.07) is 1.74. The van der Waals surface area contributed by atoms with E-state index in [1.807, 2.05) is 14.0 Å². The van der Waals surface area contributed by atoms with Crippen LogP contribution in [0.15, 0.2) is 40.6 Å². The van der Waals surface area contributed by atoms with Gasteiger partial charge in [-0.25, -0.2) is 4.99 Å². The lowest BCUT2D eigenvalue weighted by molar-refractivity contribution is 0.399. The highest BCUT2D eigenvalue weighted by Crippen LogP contribution is 2.36. The first kappa shape index (κ1) is 12.9. The molecule has 0 radical (unpaired) electrons. The number of guanidine groups is 1. The van der Waals surface area contributed by atoms with Gasteiger partial charge in [-0.05, 0) is 18.6 Å². The molecule has 1 aromatic heterocycles. The van der Waals surface area contributed by atoms with Crippen molar-refractivity contribution >= 4 is 18.1 Å². The topological polar surface area (TPSA) is 54.5 Å². The van der Waals surface area contributed by atoms with Crippen molar-refractivity contribution in [3.8, 4) is 0 Å². The van der Waals surface area contributed by atoms with Gasteiger partial charge in [0.1, 0.15) is 0 Å². The molecule has 0 unspecified atom stereocenters. The summed E-state index contributed by atoms with van der Waals surface area (Å²) >= 11 is 0.173. The van der Waals surface area contributed by atoms with Crippen LogP contribution in [-0.4, -0.2) is 22.9 Å². The van der Waals surface area contributed by atoms with Crippen LogP contribution in [-0.2, 0) is 5.54 Å². The highest BCUT2D eigenvalue weighted by Gasteiger charge is 2.33. The Balaban J connectivity index is 2.45. The molecule has 0 saturated heterocycles. The molecule has 2 rings (SSSR count). The number of aliphatic imine (C=N–C) groups is 1. The predicted molar refractivity (Wildman–Crippen MR) is 71.7 cm³/mol. The Labute approximate surface area is 110 Å². The van der Waals surface area contributed by atoms with Gasteiger partial charge >= 0.3 is 0 Å². The molecular formula is C12H15FN4S. The summed E-state index contributed by atoms with van der Waals surface area (Å²) in [5, 5.41) is 0. The summed E-state index contributed by atoms with van der Waals surface area (Å²) in [5.74, 6) is 0.409. The Morgan fingerprint density at radius 2 is 2.28 bits per heavy atom. The lowest BCUT2D eigenvalue weighted by Gasteiger charge is -2.36. The van der Waals surface area contributed by atoms with Crippen LogP contribution in [0.3, 0.4) is 0 Å². The maximum atomic E-state index is 12.6. The zero-order valence-electron chi connectivity index (χ0n) is 10.4. The Bertz CT molecular complexity index is 517. The molecule has 2 heterocycles. The molecule has 6 heteroatoms. The summed E-state index contributed by atoms with van der Waals surface area (Å²) in [6.45, 7) is 5.92. The van der Waals surface area contributed by atoms with E-state index in [1.165, 1.54) is 6.20 Å². The Morgan fingerprint density at radius 3 is 2.89 bits per heavy atom. The van der Waals surface area contributed by atoms with Crippen molar-refractivity contribution in [2.45, 2.75) is 23.8 Å². The van der Waals surface area contributed by atoms with Crippen molar-refractivity contribution < 1.29 is 3.89 Å². The van der Waals surface area contributed by atoms with Crippen LogP contribution in [0.5, 0.6) is 0 Å². The third-order valence-corrected chi connectivity index (χ3v) is 3.55. The Kier molecular flexibility index (Phi) is 3.30. The molecular weight excluding hydrogens is 251 g/mol. The standard InChI is InChI=1S/C12H15FN4S/c1-8-5-12(2,16-11(14)17(8)3)9-4-10(18-13)7-15-6-9/h4,6-7H,1,5H2,2-3H3,(H2,14,16)/t12-/m0/s1. The van der Waals surface area contributed by atoms with E-state index in [1.54, 1.807) is 17.2 Å². The molecule has 0 aromatic carbocycles. The molecule has 0 fully saturated rings. The Hall–Kier alpha value is -1.56. The van der Waals surface area contributed by atoms with E-state index in [-0.39, 0.29) is 12.1 Å². The largest absolute Gasteiger partial charge is 0.370 e. The van der Waals surface area contributed by atoms with Crippen LogP contribution in [0.2, 0.25) is 0 Å². The third-order valence-electron chi connectivity index (χ3n) is 3.15. The lowest BCUT2D eigenvalue weighted by Crippen LogP contribution is -2.42. The number of aromatic nitrogens is 1. The molecule has 0 spiro atoms. The van der Waals surface area contributed by atoms with Crippen molar-refractivity contribution in [2.75, 3.05) is 7.05 Å². The van der Waals surface area contributed by atoms with Crippen molar-refractivity contribution in [3.63, 3.8) is 0 Å². The van der Waals surface area contributed by atoms with E-state index < -0.39 is 5.54 Å². The molecule has 2 N–H and O–H groups in total. The summed E-state index contributed by atoms with van der Waals surface area (Å²) < 4.78 is 12.6. The van der Waals surface area contributed by atoms with E-state index in [9.17, 15) is 3.89 Å². The number of pyridine rings is 1. The van der Waals surface area contributed by atoms with Gasteiger partial charge in [-0.1, -0.05) is 6.58 Å². The van der Waals surface area contributed by atoms with Crippen LogP contribution < -0.4 is 5.73 Å². The van der Waals surface area contributed by atoms with E-state index in [0.717, 1.165) is 11.3 Å². The van der Waals surface area contributed by atoms with Crippen LogP contribution in [0.25, 0.3) is 0 Å². The van der Waals surface area contributed by atoms with Crippen LogP contribution in [0.1, 0.15) is 18.9 Å². The number of halogens is 1. The van der Waals surface area contributed by atoms with Crippen molar-refractivity contribution in [1.82, 2.24) is 9.88 Å². The predicted octanol–water partition coefficient (Wildman–Crippen LogP) is 2.44. The molecule has 0 aliphatic carbocycles. The fraction of sp³-hybridized carbons (Fsp3) is 0.333. The molecule has 0 amide bonds. The monoisotopic (exact) mass is 266 g/mol. The molecule has 1 aliphatic heterocycles. The van der Waals surface area contributed by atoms with Gasteiger partial charge in [-0.15, -0.1) is 0 Å². The van der Waals surface area contributed by atoms with Gasteiger partial charge in [-0.3, -0.25) is 4.98 Å². The second-order valence-electron chi connectivity index (χ2n) is 4.53. The number of nitrogens with two attached hydrogens (primary N) is 1. The van der Waals surface area contributed by atoms with Gasteiger partial charge in [0.15, 0.2) is 5.96 Å². The highest BCUT2D eigenvalue weighted by atomic mass is 32.2. The minimum Gasteiger partial charge on any atom is -0.370 e. The minimum atomic E-state index is -0.535. The molecule has 1 aromatic rings. The van der Waals surface area contributed by atoms with Crippen LogP contribution in [0.4, 0.5) is 3.89 Å². The first-order chi connectivity index (χ1) is 8.46. The van der Waals surface area contributed by atoms with Crippen molar-refractivity contribution in [1.29, 1.82) is 0 Å². The van der Waals surface area contributed by atoms with Crippen molar-refractivity contribution in [3.05, 3.63) is 36.3 Å². The van der Waals surface area contributed by atoms with E-state index >= 15 is 0 Å². The fourth-order valence-corrected chi connectivity index (χ4v) is 2.24.